The van der Waals surface area contributed by atoms with Crippen molar-refractivity contribution in [2.45, 2.75) is 19.3 Å². The average Bonchev–Trinajstić information content (AvgIpc) is 2.30. The molecule has 0 aromatic carbocycles. The number of carbonyl (C=O) groups excluding carboxylic acids is 1. The molecule has 0 spiro atoms. The van der Waals surface area contributed by atoms with Crippen LogP contribution in [-0.2, 0) is 23.9 Å². The van der Waals surface area contributed by atoms with Gasteiger partial charge in [-0.05, 0) is 12.0 Å². The van der Waals surface area contributed by atoms with Crippen LogP contribution in [0.3, 0.4) is 0 Å². The molecule has 2 N–H and O–H groups in total. The van der Waals surface area contributed by atoms with Crippen molar-refractivity contribution < 1.29 is 34.1 Å². The van der Waals surface area contributed by atoms with E-state index >= 15 is 0 Å². The highest BCUT2D eigenvalue weighted by Crippen LogP contribution is 2.18. The zero-order valence-electron chi connectivity index (χ0n) is 10.3. The topological polar surface area (TPSA) is 110 Å². The Balaban J connectivity index is 5.18. The number of hydrogen-bond acceptors (Lipinski definition) is 5. The lowest BCUT2D eigenvalue weighted by Gasteiger charge is -2.10. The number of carbonyl (C=O) groups is 3. The molecule has 102 valence electrons. The molecule has 7 nitrogen and oxygen atoms in total. The Bertz CT molecular complexity index is 356. The summed E-state index contributed by atoms with van der Waals surface area (Å²) in [6.07, 6.45) is -0.735. The number of aliphatic carboxylic acids is 2. The summed E-state index contributed by atoms with van der Waals surface area (Å²) in [5.41, 5.74) is -0.0939. The first kappa shape index (κ1) is 16.1. The van der Waals surface area contributed by atoms with Crippen molar-refractivity contribution in [3.8, 4) is 0 Å². The van der Waals surface area contributed by atoms with Crippen molar-refractivity contribution in [3.05, 3.63) is 11.1 Å². The van der Waals surface area contributed by atoms with E-state index in [1.54, 1.807) is 0 Å². The van der Waals surface area contributed by atoms with Crippen LogP contribution >= 0.6 is 0 Å². The predicted molar refractivity (Wildman–Crippen MR) is 60.0 cm³/mol. The first-order valence-corrected chi connectivity index (χ1v) is 5.14. The third-order valence-corrected chi connectivity index (χ3v) is 2.21. The zero-order chi connectivity index (χ0) is 14.1. The normalized spacial score (nSPS) is 11.7. The van der Waals surface area contributed by atoms with Crippen molar-refractivity contribution in [2.24, 2.45) is 0 Å². The van der Waals surface area contributed by atoms with Gasteiger partial charge in [0.2, 0.25) is 0 Å². The van der Waals surface area contributed by atoms with Crippen LogP contribution in [0, 0.1) is 0 Å². The second-order valence-corrected chi connectivity index (χ2v) is 3.45. The second kappa shape index (κ2) is 8.24. The third-order valence-electron chi connectivity index (χ3n) is 2.21. The lowest BCUT2D eigenvalue weighted by Crippen LogP contribution is -2.14. The maximum Gasteiger partial charge on any atom is 0.332 e. The summed E-state index contributed by atoms with van der Waals surface area (Å²) < 4.78 is 9.24. The van der Waals surface area contributed by atoms with Gasteiger partial charge in [0, 0.05) is 19.3 Å². The molecule has 0 aliphatic rings. The molecule has 0 saturated carbocycles. The molecule has 0 saturated heterocycles. The quantitative estimate of drug-likeness (QED) is 0.481. The summed E-state index contributed by atoms with van der Waals surface area (Å²) in [5.74, 6) is -3.25. The Hall–Kier alpha value is -1.89. The van der Waals surface area contributed by atoms with Gasteiger partial charge >= 0.3 is 17.9 Å². The van der Waals surface area contributed by atoms with Crippen LogP contribution in [0.1, 0.15) is 19.3 Å². The number of ether oxygens (including phenoxy) is 2. The minimum absolute atomic E-state index is 0.167. The van der Waals surface area contributed by atoms with Gasteiger partial charge in [-0.2, -0.15) is 0 Å². The van der Waals surface area contributed by atoms with Gasteiger partial charge in [-0.15, -0.1) is 0 Å². The van der Waals surface area contributed by atoms with E-state index in [-0.39, 0.29) is 30.6 Å². The third kappa shape index (κ3) is 6.00. The van der Waals surface area contributed by atoms with Gasteiger partial charge in [0.25, 0.3) is 0 Å². The number of rotatable bonds is 8. The van der Waals surface area contributed by atoms with E-state index in [0.29, 0.717) is 0 Å². The molecule has 0 radical (unpaired) electrons. The van der Waals surface area contributed by atoms with E-state index in [2.05, 4.69) is 4.74 Å². The maximum absolute atomic E-state index is 11.2. The monoisotopic (exact) mass is 260 g/mol. The van der Waals surface area contributed by atoms with Gasteiger partial charge in [0.1, 0.15) is 0 Å². The molecule has 0 fully saturated rings. The molecule has 7 heteroatoms. The van der Waals surface area contributed by atoms with Gasteiger partial charge in [0.05, 0.1) is 20.0 Å². The summed E-state index contributed by atoms with van der Waals surface area (Å²) in [4.78, 5) is 32.8. The highest BCUT2D eigenvalue weighted by Gasteiger charge is 2.19. The molecule has 0 aliphatic carbocycles. The fraction of sp³-hybridized carbons (Fsp3) is 0.545. The Morgan fingerprint density at radius 1 is 1.06 bits per heavy atom. The molecule has 18 heavy (non-hydrogen) atoms. The van der Waals surface area contributed by atoms with Gasteiger partial charge in [0.15, 0.2) is 0 Å². The minimum Gasteiger partial charge on any atom is -0.481 e. The smallest absolute Gasteiger partial charge is 0.332 e. The standard InChI is InChI=1S/C11H16O7/c1-17-4-3-7(5-10(14)18-2)8(11(15)16)6-9(12)13/h3-6H2,1-2H3,(H,12,13)(H,15,16). The Morgan fingerprint density at radius 3 is 2.06 bits per heavy atom. The Labute approximate surface area is 104 Å². The molecule has 0 aliphatic heterocycles. The number of carboxylic acids is 2. The van der Waals surface area contributed by atoms with Gasteiger partial charge in [-0.3, -0.25) is 9.59 Å². The largest absolute Gasteiger partial charge is 0.481 e. The summed E-state index contributed by atoms with van der Waals surface area (Å²) >= 11 is 0. The Kier molecular flexibility index (Phi) is 7.37. The lowest BCUT2D eigenvalue weighted by atomic mass is 9.99. The van der Waals surface area contributed by atoms with E-state index in [1.807, 2.05) is 0 Å². The number of carboxylic acid groups (broad SMARTS) is 2. The first-order valence-electron chi connectivity index (χ1n) is 5.14. The first-order chi connectivity index (χ1) is 8.42. The predicted octanol–water partition coefficient (Wildman–Crippen LogP) is 0.442. The van der Waals surface area contributed by atoms with Crippen LogP contribution in [-0.4, -0.2) is 48.9 Å². The lowest BCUT2D eigenvalue weighted by molar-refractivity contribution is -0.141. The minimum atomic E-state index is -1.35. The van der Waals surface area contributed by atoms with E-state index in [4.69, 9.17) is 14.9 Å². The number of esters is 1. The van der Waals surface area contributed by atoms with Crippen LogP contribution in [0.2, 0.25) is 0 Å². The molecule has 0 atom stereocenters. The van der Waals surface area contributed by atoms with E-state index in [1.165, 1.54) is 14.2 Å². The molecule has 0 amide bonds. The Morgan fingerprint density at radius 2 is 1.67 bits per heavy atom. The van der Waals surface area contributed by atoms with Crippen molar-refractivity contribution in [1.29, 1.82) is 0 Å². The van der Waals surface area contributed by atoms with Crippen LogP contribution in [0.25, 0.3) is 0 Å². The summed E-state index contributed by atoms with van der Waals surface area (Å²) in [7, 11) is 2.60. The van der Waals surface area contributed by atoms with Gasteiger partial charge in [-0.1, -0.05) is 0 Å². The fourth-order valence-electron chi connectivity index (χ4n) is 1.32. The van der Waals surface area contributed by atoms with E-state index in [0.717, 1.165) is 0 Å². The van der Waals surface area contributed by atoms with Crippen molar-refractivity contribution >= 4 is 17.9 Å². The highest BCUT2D eigenvalue weighted by atomic mass is 16.5. The van der Waals surface area contributed by atoms with Crippen LogP contribution < -0.4 is 0 Å². The summed E-state index contributed by atoms with van der Waals surface area (Å²) in [6, 6.07) is 0. The van der Waals surface area contributed by atoms with Crippen molar-refractivity contribution in [1.82, 2.24) is 0 Å². The SMILES string of the molecule is COCCC(CC(=O)OC)=C(CC(=O)O)C(=O)O. The highest BCUT2D eigenvalue weighted by molar-refractivity contribution is 5.93. The number of methoxy groups -OCH3 is 2. The molecular weight excluding hydrogens is 244 g/mol. The van der Waals surface area contributed by atoms with Gasteiger partial charge in [-0.25, -0.2) is 4.79 Å². The van der Waals surface area contributed by atoms with Crippen molar-refractivity contribution in [3.63, 3.8) is 0 Å². The van der Waals surface area contributed by atoms with E-state index in [9.17, 15) is 14.4 Å². The molecule has 0 unspecified atom stereocenters. The molecule has 0 aromatic heterocycles. The molecule has 0 bridgehead atoms. The molecule has 0 heterocycles. The average molecular weight is 260 g/mol. The second-order valence-electron chi connectivity index (χ2n) is 3.45. The number of hydrogen-bond donors (Lipinski definition) is 2. The van der Waals surface area contributed by atoms with Crippen molar-refractivity contribution in [2.75, 3.05) is 20.8 Å². The summed E-state index contributed by atoms with van der Waals surface area (Å²) in [5, 5.41) is 17.6. The van der Waals surface area contributed by atoms with Crippen LogP contribution in [0.5, 0.6) is 0 Å². The van der Waals surface area contributed by atoms with E-state index < -0.39 is 24.3 Å². The fourth-order valence-corrected chi connectivity index (χ4v) is 1.32. The maximum atomic E-state index is 11.2. The van der Waals surface area contributed by atoms with Crippen LogP contribution in [0.15, 0.2) is 11.1 Å². The van der Waals surface area contributed by atoms with Crippen LogP contribution in [0.4, 0.5) is 0 Å². The van der Waals surface area contributed by atoms with Gasteiger partial charge < -0.3 is 19.7 Å². The summed E-state index contributed by atoms with van der Waals surface area (Å²) in [6.45, 7) is 0.197. The molecular formula is C11H16O7. The molecule has 0 aromatic rings. The zero-order valence-corrected chi connectivity index (χ0v) is 10.3. The molecule has 0 rings (SSSR count).